The van der Waals surface area contributed by atoms with Gasteiger partial charge in [-0.25, -0.2) is 15.8 Å². The number of hydrogen-bond donors (Lipinski definition) is 2. The van der Waals surface area contributed by atoms with Crippen molar-refractivity contribution in [2.45, 2.75) is 13.5 Å². The van der Waals surface area contributed by atoms with Crippen LogP contribution in [0.5, 0.6) is 0 Å². The van der Waals surface area contributed by atoms with E-state index in [9.17, 15) is 0 Å². The largest absolute Gasteiger partial charge is 0.352 e. The van der Waals surface area contributed by atoms with Gasteiger partial charge in [-0.15, -0.1) is 0 Å². The summed E-state index contributed by atoms with van der Waals surface area (Å²) in [6.45, 7) is 2.57. The molecule has 0 spiro atoms. The van der Waals surface area contributed by atoms with Crippen molar-refractivity contribution in [2.24, 2.45) is 12.9 Å². The van der Waals surface area contributed by atoms with Gasteiger partial charge in [0.15, 0.2) is 0 Å². The fraction of sp³-hybridized carbons (Fsp3) is 0.364. The summed E-state index contributed by atoms with van der Waals surface area (Å²) < 4.78 is 1.98. The summed E-state index contributed by atoms with van der Waals surface area (Å²) in [7, 11) is 3.92. The monoisotopic (exact) mass is 247 g/mol. The van der Waals surface area contributed by atoms with Crippen LogP contribution in [0.4, 0.5) is 11.8 Å². The molecule has 0 atom stereocenters. The number of rotatable bonds is 4. The number of aromatic nitrogens is 4. The molecule has 0 radical (unpaired) electrons. The zero-order chi connectivity index (χ0) is 13.1. The first kappa shape index (κ1) is 12.3. The molecule has 7 heteroatoms. The van der Waals surface area contributed by atoms with Gasteiger partial charge in [0, 0.05) is 38.2 Å². The Morgan fingerprint density at radius 3 is 2.83 bits per heavy atom. The molecule has 2 aromatic rings. The van der Waals surface area contributed by atoms with E-state index in [-0.39, 0.29) is 0 Å². The number of nitrogens with zero attached hydrogens (tertiary/aromatic N) is 5. The number of hydrazine groups is 1. The van der Waals surface area contributed by atoms with Crippen molar-refractivity contribution in [3.8, 4) is 0 Å². The standard InChI is InChI=1S/C11H17N7/c1-8-6-9(15-11(14-8)16-12)18(3)7-10-13-4-5-17(10)2/h4-6H,7,12H2,1-3H3,(H,14,15,16). The van der Waals surface area contributed by atoms with Crippen LogP contribution < -0.4 is 16.2 Å². The van der Waals surface area contributed by atoms with Gasteiger partial charge in [0.05, 0.1) is 6.54 Å². The van der Waals surface area contributed by atoms with Gasteiger partial charge in [0.1, 0.15) is 11.6 Å². The normalized spacial score (nSPS) is 10.4. The topological polar surface area (TPSA) is 84.9 Å². The van der Waals surface area contributed by atoms with Gasteiger partial charge in [0.25, 0.3) is 0 Å². The molecule has 0 saturated carbocycles. The predicted octanol–water partition coefficient (Wildman–Crippen LogP) is 0.441. The average molecular weight is 247 g/mol. The van der Waals surface area contributed by atoms with Crippen LogP contribution in [0.1, 0.15) is 11.5 Å². The molecular weight excluding hydrogens is 230 g/mol. The second-order valence-electron chi connectivity index (χ2n) is 4.15. The van der Waals surface area contributed by atoms with Crippen molar-refractivity contribution >= 4 is 11.8 Å². The van der Waals surface area contributed by atoms with Crippen LogP contribution in [0.2, 0.25) is 0 Å². The van der Waals surface area contributed by atoms with Crippen LogP contribution in [0, 0.1) is 6.92 Å². The van der Waals surface area contributed by atoms with Crippen LogP contribution in [0.3, 0.4) is 0 Å². The summed E-state index contributed by atoms with van der Waals surface area (Å²) in [6, 6.07) is 1.91. The van der Waals surface area contributed by atoms with Crippen LogP contribution >= 0.6 is 0 Å². The molecular formula is C11H17N7. The molecule has 3 N–H and O–H groups in total. The Morgan fingerprint density at radius 1 is 1.44 bits per heavy atom. The molecule has 0 unspecified atom stereocenters. The number of nitrogens with two attached hydrogens (primary N) is 1. The summed E-state index contributed by atoms with van der Waals surface area (Å²) in [5.74, 6) is 7.52. The highest BCUT2D eigenvalue weighted by atomic mass is 15.3. The van der Waals surface area contributed by atoms with Crippen molar-refractivity contribution in [3.05, 3.63) is 30.0 Å². The van der Waals surface area contributed by atoms with E-state index >= 15 is 0 Å². The first-order valence-corrected chi connectivity index (χ1v) is 5.60. The van der Waals surface area contributed by atoms with Gasteiger partial charge < -0.3 is 9.47 Å². The summed E-state index contributed by atoms with van der Waals surface area (Å²) in [6.07, 6.45) is 3.70. The minimum atomic E-state index is 0.414. The molecule has 0 fully saturated rings. The van der Waals surface area contributed by atoms with Crippen LogP contribution in [0.25, 0.3) is 0 Å². The summed E-state index contributed by atoms with van der Waals surface area (Å²) in [4.78, 5) is 14.7. The number of nitrogen functional groups attached to an aromatic ring is 1. The number of anilines is 2. The molecule has 2 rings (SSSR count). The van der Waals surface area contributed by atoms with Crippen LogP contribution in [0.15, 0.2) is 18.5 Å². The second kappa shape index (κ2) is 5.01. The summed E-state index contributed by atoms with van der Waals surface area (Å²) >= 11 is 0. The molecule has 0 aliphatic heterocycles. The van der Waals surface area contributed by atoms with E-state index in [1.807, 2.05) is 42.7 Å². The highest BCUT2D eigenvalue weighted by Gasteiger charge is 2.09. The molecule has 0 aromatic carbocycles. The minimum absolute atomic E-state index is 0.414. The minimum Gasteiger partial charge on any atom is -0.352 e. The lowest BCUT2D eigenvalue weighted by molar-refractivity contribution is 0.754. The fourth-order valence-electron chi connectivity index (χ4n) is 1.65. The number of aryl methyl sites for hydroxylation is 2. The Morgan fingerprint density at radius 2 is 2.22 bits per heavy atom. The Balaban J connectivity index is 2.20. The zero-order valence-electron chi connectivity index (χ0n) is 10.8. The molecule has 0 saturated heterocycles. The van der Waals surface area contributed by atoms with Crippen molar-refractivity contribution in [1.29, 1.82) is 0 Å². The maximum absolute atomic E-state index is 5.34. The smallest absolute Gasteiger partial charge is 0.239 e. The average Bonchev–Trinajstić information content (AvgIpc) is 2.74. The van der Waals surface area contributed by atoms with Gasteiger partial charge in [0.2, 0.25) is 5.95 Å². The predicted molar refractivity (Wildman–Crippen MR) is 69.9 cm³/mol. The Labute approximate surface area is 106 Å². The Hall–Kier alpha value is -2.15. The van der Waals surface area contributed by atoms with E-state index in [1.165, 1.54) is 0 Å². The molecule has 18 heavy (non-hydrogen) atoms. The fourth-order valence-corrected chi connectivity index (χ4v) is 1.65. The van der Waals surface area contributed by atoms with E-state index < -0.39 is 0 Å². The molecule has 2 aromatic heterocycles. The van der Waals surface area contributed by atoms with Gasteiger partial charge in [-0.05, 0) is 6.92 Å². The lowest BCUT2D eigenvalue weighted by Crippen LogP contribution is -2.21. The van der Waals surface area contributed by atoms with Crippen molar-refractivity contribution in [3.63, 3.8) is 0 Å². The first-order valence-electron chi connectivity index (χ1n) is 5.60. The quantitative estimate of drug-likeness (QED) is 0.602. The molecule has 7 nitrogen and oxygen atoms in total. The lowest BCUT2D eigenvalue weighted by Gasteiger charge is -2.18. The van der Waals surface area contributed by atoms with E-state index in [0.29, 0.717) is 12.5 Å². The third kappa shape index (κ3) is 2.57. The Kier molecular flexibility index (Phi) is 3.42. The zero-order valence-corrected chi connectivity index (χ0v) is 10.8. The number of nitrogens with one attached hydrogen (secondary N) is 1. The van der Waals surface area contributed by atoms with Crippen LogP contribution in [-0.2, 0) is 13.6 Å². The molecule has 0 aliphatic rings. The van der Waals surface area contributed by atoms with Crippen molar-refractivity contribution in [1.82, 2.24) is 19.5 Å². The third-order valence-electron chi connectivity index (χ3n) is 2.66. The van der Waals surface area contributed by atoms with Crippen molar-refractivity contribution in [2.75, 3.05) is 17.4 Å². The molecule has 0 bridgehead atoms. The van der Waals surface area contributed by atoms with E-state index in [2.05, 4.69) is 20.4 Å². The molecule has 2 heterocycles. The van der Waals surface area contributed by atoms with Gasteiger partial charge >= 0.3 is 0 Å². The van der Waals surface area contributed by atoms with Gasteiger partial charge in [-0.1, -0.05) is 0 Å². The summed E-state index contributed by atoms with van der Waals surface area (Å²) in [5, 5.41) is 0. The van der Waals surface area contributed by atoms with E-state index in [4.69, 9.17) is 5.84 Å². The van der Waals surface area contributed by atoms with Crippen LogP contribution in [-0.4, -0.2) is 26.6 Å². The first-order chi connectivity index (χ1) is 8.60. The van der Waals surface area contributed by atoms with Crippen molar-refractivity contribution < 1.29 is 0 Å². The molecule has 96 valence electrons. The number of imidazole rings is 1. The highest BCUT2D eigenvalue weighted by molar-refractivity contribution is 5.43. The van der Waals surface area contributed by atoms with Gasteiger partial charge in [-0.2, -0.15) is 4.98 Å². The van der Waals surface area contributed by atoms with Gasteiger partial charge in [-0.3, -0.25) is 5.43 Å². The Bertz CT molecular complexity index is 534. The highest BCUT2D eigenvalue weighted by Crippen LogP contribution is 2.14. The maximum Gasteiger partial charge on any atom is 0.239 e. The molecule has 0 amide bonds. The molecule has 0 aliphatic carbocycles. The second-order valence-corrected chi connectivity index (χ2v) is 4.15. The SMILES string of the molecule is Cc1cc(N(C)Cc2nccn2C)nc(NN)n1. The third-order valence-corrected chi connectivity index (χ3v) is 2.66. The van der Waals surface area contributed by atoms with E-state index in [1.54, 1.807) is 6.20 Å². The maximum atomic E-state index is 5.34. The van der Waals surface area contributed by atoms with E-state index in [0.717, 1.165) is 17.3 Å². The number of hydrogen-bond acceptors (Lipinski definition) is 6. The summed E-state index contributed by atoms with van der Waals surface area (Å²) in [5.41, 5.74) is 3.32. The lowest BCUT2D eigenvalue weighted by atomic mass is 10.4.